The van der Waals surface area contributed by atoms with Crippen molar-refractivity contribution in [1.82, 2.24) is 0 Å². The average molecular weight is 226 g/mol. The maximum atomic E-state index is 5.89. The third-order valence-electron chi connectivity index (χ3n) is 3.02. The van der Waals surface area contributed by atoms with Gasteiger partial charge >= 0.3 is 0 Å². The maximum Gasteiger partial charge on any atom is 0.199 e. The summed E-state index contributed by atoms with van der Waals surface area (Å²) in [6, 6.07) is 0. The van der Waals surface area contributed by atoms with Crippen molar-refractivity contribution in [1.29, 1.82) is 0 Å². The first-order valence-corrected chi connectivity index (χ1v) is 6.70. The van der Waals surface area contributed by atoms with Crippen molar-refractivity contribution in [2.45, 2.75) is 77.6 Å². The Morgan fingerprint density at radius 2 is 2.12 bits per heavy atom. The molecule has 0 radical (unpaired) electrons. The molecule has 0 aliphatic carbocycles. The highest BCUT2D eigenvalue weighted by Gasteiger charge is 2.22. The van der Waals surface area contributed by atoms with Crippen molar-refractivity contribution in [3.63, 3.8) is 0 Å². The minimum atomic E-state index is -0.0394. The van der Waals surface area contributed by atoms with Gasteiger partial charge in [0, 0.05) is 6.42 Å². The van der Waals surface area contributed by atoms with Gasteiger partial charge in [-0.3, -0.25) is 0 Å². The number of ether oxygens (including phenoxy) is 2. The summed E-state index contributed by atoms with van der Waals surface area (Å²) in [5.41, 5.74) is 0. The monoisotopic (exact) mass is 226 g/mol. The lowest BCUT2D eigenvalue weighted by atomic mass is 10.0. The second-order valence-electron chi connectivity index (χ2n) is 4.79. The summed E-state index contributed by atoms with van der Waals surface area (Å²) in [4.78, 5) is 0. The zero-order valence-corrected chi connectivity index (χ0v) is 10.8. The van der Waals surface area contributed by atoms with Crippen molar-refractivity contribution < 1.29 is 9.47 Å². The standard InChI is InChI=1S/C14H26O2/c1-4-5-6-7-9-13-10-8-11-14(16-13)15-12(2)3/h13-14H,2,4-11H2,1,3H3/t13-,14-/m1/s1. The van der Waals surface area contributed by atoms with E-state index in [4.69, 9.17) is 9.47 Å². The van der Waals surface area contributed by atoms with Gasteiger partial charge in [0.15, 0.2) is 6.29 Å². The molecule has 0 N–H and O–H groups in total. The largest absolute Gasteiger partial charge is 0.470 e. The second kappa shape index (κ2) is 7.72. The Morgan fingerprint density at radius 3 is 2.81 bits per heavy atom. The van der Waals surface area contributed by atoms with Gasteiger partial charge in [0.25, 0.3) is 0 Å². The summed E-state index contributed by atoms with van der Waals surface area (Å²) in [6.45, 7) is 7.89. The Bertz CT molecular complexity index is 201. The van der Waals surface area contributed by atoms with E-state index in [-0.39, 0.29) is 6.29 Å². The van der Waals surface area contributed by atoms with Crippen LogP contribution in [0.2, 0.25) is 0 Å². The first kappa shape index (κ1) is 13.6. The third kappa shape index (κ3) is 5.55. The average Bonchev–Trinajstić information content (AvgIpc) is 2.24. The molecule has 2 atom stereocenters. The molecule has 0 aromatic heterocycles. The van der Waals surface area contributed by atoms with Crippen LogP contribution in [-0.4, -0.2) is 12.4 Å². The lowest BCUT2D eigenvalue weighted by molar-refractivity contribution is -0.175. The second-order valence-corrected chi connectivity index (χ2v) is 4.79. The molecule has 0 aromatic rings. The van der Waals surface area contributed by atoms with Crippen molar-refractivity contribution in [2.24, 2.45) is 0 Å². The quantitative estimate of drug-likeness (QED) is 0.473. The van der Waals surface area contributed by atoms with Crippen molar-refractivity contribution in [3.8, 4) is 0 Å². The highest BCUT2D eigenvalue weighted by Crippen LogP contribution is 2.24. The molecule has 0 amide bonds. The van der Waals surface area contributed by atoms with Gasteiger partial charge in [-0.05, 0) is 26.2 Å². The van der Waals surface area contributed by atoms with Crippen molar-refractivity contribution in [2.75, 3.05) is 0 Å². The zero-order valence-electron chi connectivity index (χ0n) is 10.8. The van der Waals surface area contributed by atoms with E-state index in [1.807, 2.05) is 6.92 Å². The highest BCUT2D eigenvalue weighted by atomic mass is 16.7. The molecule has 2 nitrogen and oxygen atoms in total. The topological polar surface area (TPSA) is 18.5 Å². The summed E-state index contributed by atoms with van der Waals surface area (Å²) >= 11 is 0. The lowest BCUT2D eigenvalue weighted by Gasteiger charge is -2.30. The Balaban J connectivity index is 2.14. The van der Waals surface area contributed by atoms with Crippen LogP contribution in [0.1, 0.15) is 65.2 Å². The summed E-state index contributed by atoms with van der Waals surface area (Å²) in [7, 11) is 0. The number of hydrogen-bond acceptors (Lipinski definition) is 2. The first-order chi connectivity index (χ1) is 7.72. The number of rotatable bonds is 7. The van der Waals surface area contributed by atoms with E-state index >= 15 is 0 Å². The molecular formula is C14H26O2. The van der Waals surface area contributed by atoms with Crippen LogP contribution < -0.4 is 0 Å². The summed E-state index contributed by atoms with van der Waals surface area (Å²) in [5, 5.41) is 0. The highest BCUT2D eigenvalue weighted by molar-refractivity contribution is 4.76. The van der Waals surface area contributed by atoms with E-state index in [1.54, 1.807) is 0 Å². The van der Waals surface area contributed by atoms with Crippen LogP contribution in [0.4, 0.5) is 0 Å². The van der Waals surface area contributed by atoms with Crippen LogP contribution in [0.5, 0.6) is 0 Å². The molecular weight excluding hydrogens is 200 g/mol. The molecule has 16 heavy (non-hydrogen) atoms. The Labute approximate surface area is 100 Å². The maximum absolute atomic E-state index is 5.89. The molecule has 1 saturated heterocycles. The number of allylic oxidation sites excluding steroid dienone is 1. The SMILES string of the molecule is C=C(C)O[C@H]1CCC[C@@H](CCCCCC)O1. The van der Waals surface area contributed by atoms with Gasteiger partial charge in [0.05, 0.1) is 11.9 Å². The van der Waals surface area contributed by atoms with Crippen LogP contribution in [0.15, 0.2) is 12.3 Å². The third-order valence-corrected chi connectivity index (χ3v) is 3.02. The van der Waals surface area contributed by atoms with Gasteiger partial charge in [-0.2, -0.15) is 0 Å². The summed E-state index contributed by atoms with van der Waals surface area (Å²) in [5.74, 6) is 0.761. The first-order valence-electron chi connectivity index (χ1n) is 6.70. The fourth-order valence-corrected chi connectivity index (χ4v) is 2.19. The molecule has 1 aliphatic rings. The predicted octanol–water partition coefficient (Wildman–Crippen LogP) is 4.40. The van der Waals surface area contributed by atoms with Crippen LogP contribution in [0.25, 0.3) is 0 Å². The van der Waals surface area contributed by atoms with Crippen LogP contribution in [-0.2, 0) is 9.47 Å². The molecule has 1 aliphatic heterocycles. The van der Waals surface area contributed by atoms with Gasteiger partial charge in [-0.15, -0.1) is 0 Å². The fourth-order valence-electron chi connectivity index (χ4n) is 2.19. The fraction of sp³-hybridized carbons (Fsp3) is 0.857. The normalized spacial score (nSPS) is 25.4. The molecule has 94 valence electrons. The van der Waals surface area contributed by atoms with Crippen LogP contribution in [0.3, 0.4) is 0 Å². The van der Waals surface area contributed by atoms with Crippen molar-refractivity contribution >= 4 is 0 Å². The van der Waals surface area contributed by atoms with E-state index in [0.29, 0.717) is 6.10 Å². The minimum absolute atomic E-state index is 0.0394. The lowest BCUT2D eigenvalue weighted by Crippen LogP contribution is -2.29. The molecule has 0 saturated carbocycles. The Hall–Kier alpha value is -0.500. The van der Waals surface area contributed by atoms with Crippen LogP contribution >= 0.6 is 0 Å². The van der Waals surface area contributed by atoms with Gasteiger partial charge in [-0.1, -0.05) is 39.2 Å². The van der Waals surface area contributed by atoms with Crippen LogP contribution in [0, 0.1) is 0 Å². The minimum Gasteiger partial charge on any atom is -0.470 e. The molecule has 2 heteroatoms. The van der Waals surface area contributed by atoms with Gasteiger partial charge < -0.3 is 9.47 Å². The van der Waals surface area contributed by atoms with Gasteiger partial charge in [0.1, 0.15) is 0 Å². The Kier molecular flexibility index (Phi) is 6.55. The molecule has 1 fully saturated rings. The van der Waals surface area contributed by atoms with E-state index in [2.05, 4.69) is 13.5 Å². The molecule has 0 aromatic carbocycles. The van der Waals surface area contributed by atoms with Gasteiger partial charge in [0.2, 0.25) is 0 Å². The summed E-state index contributed by atoms with van der Waals surface area (Å²) in [6.07, 6.45) is 10.3. The molecule has 1 heterocycles. The molecule has 0 unspecified atom stereocenters. The zero-order chi connectivity index (χ0) is 11.8. The van der Waals surface area contributed by atoms with Gasteiger partial charge in [-0.25, -0.2) is 0 Å². The molecule has 1 rings (SSSR count). The van der Waals surface area contributed by atoms with E-state index in [9.17, 15) is 0 Å². The predicted molar refractivity (Wildman–Crippen MR) is 67.2 cm³/mol. The van der Waals surface area contributed by atoms with E-state index in [1.165, 1.54) is 44.9 Å². The number of hydrogen-bond donors (Lipinski definition) is 0. The summed E-state index contributed by atoms with van der Waals surface area (Å²) < 4.78 is 11.4. The van der Waals surface area contributed by atoms with E-state index < -0.39 is 0 Å². The van der Waals surface area contributed by atoms with Crippen molar-refractivity contribution in [3.05, 3.63) is 12.3 Å². The van der Waals surface area contributed by atoms with E-state index in [0.717, 1.165) is 12.2 Å². The Morgan fingerprint density at radius 1 is 1.31 bits per heavy atom. The smallest absolute Gasteiger partial charge is 0.199 e. The molecule has 0 spiro atoms. The molecule has 0 bridgehead atoms. The number of unbranched alkanes of at least 4 members (excludes halogenated alkanes) is 3.